The van der Waals surface area contributed by atoms with Crippen LogP contribution < -0.4 is 0 Å². The molecule has 1 aliphatic rings. The van der Waals surface area contributed by atoms with Gasteiger partial charge in [-0.25, -0.2) is 17.2 Å². The quantitative estimate of drug-likeness (QED) is 0.499. The second kappa shape index (κ2) is 10.3. The van der Waals surface area contributed by atoms with Gasteiger partial charge in [0.05, 0.1) is 10.6 Å². The van der Waals surface area contributed by atoms with Gasteiger partial charge in [0.25, 0.3) is 0 Å². The summed E-state index contributed by atoms with van der Waals surface area (Å²) in [5, 5.41) is 11.9. The summed E-state index contributed by atoms with van der Waals surface area (Å²) in [6, 6.07) is 20.1. The van der Waals surface area contributed by atoms with Gasteiger partial charge in [-0.15, -0.1) is 0 Å². The van der Waals surface area contributed by atoms with Crippen LogP contribution in [0.15, 0.2) is 83.8 Å². The van der Waals surface area contributed by atoms with Crippen molar-refractivity contribution in [2.24, 2.45) is 5.92 Å². The Kier molecular flexibility index (Phi) is 7.45. The maximum absolute atomic E-state index is 13.6. The van der Waals surface area contributed by atoms with Crippen LogP contribution in [0, 0.1) is 17.6 Å². The predicted molar refractivity (Wildman–Crippen MR) is 128 cm³/mol. The van der Waals surface area contributed by atoms with Gasteiger partial charge < -0.3 is 10.0 Å². The predicted octanol–water partition coefficient (Wildman–Crippen LogP) is 4.78. The molecule has 1 saturated heterocycles. The van der Waals surface area contributed by atoms with Crippen molar-refractivity contribution in [3.63, 3.8) is 0 Å². The van der Waals surface area contributed by atoms with Crippen LogP contribution >= 0.6 is 0 Å². The summed E-state index contributed by atoms with van der Waals surface area (Å²) in [6.45, 7) is 2.08. The van der Waals surface area contributed by atoms with Crippen LogP contribution in [-0.2, 0) is 15.4 Å². The summed E-state index contributed by atoms with van der Waals surface area (Å²) in [5.41, 5.74) is -0.217. The first-order valence-electron chi connectivity index (χ1n) is 11.5. The van der Waals surface area contributed by atoms with Gasteiger partial charge in [-0.05, 0) is 92.3 Å². The Labute approximate surface area is 199 Å². The van der Waals surface area contributed by atoms with E-state index in [1.807, 2.05) is 0 Å². The number of likely N-dealkylation sites (tertiary alicyclic amines) is 1. The Balaban J connectivity index is 1.42. The summed E-state index contributed by atoms with van der Waals surface area (Å²) in [6.07, 6.45) is 1.88. The number of sulfone groups is 1. The molecule has 34 heavy (non-hydrogen) atoms. The number of aliphatic hydroxyl groups is 1. The minimum absolute atomic E-state index is 0.0893. The smallest absolute Gasteiger partial charge is 0.178 e. The standard InChI is InChI=1S/C27H29F2NO3S/c28-24-11-7-21(8-12-24)27(31,22-9-13-25(29)14-10-22)23-15-18-30(19-16-23)17-4-20-34(32,33)26-5-2-1-3-6-26/h1-3,5-14,23,31H,4,15-20H2. The average molecular weight is 486 g/mol. The zero-order chi connectivity index (χ0) is 24.2. The molecule has 0 saturated carbocycles. The molecule has 1 aliphatic heterocycles. The fourth-order valence-corrected chi connectivity index (χ4v) is 6.16. The van der Waals surface area contributed by atoms with E-state index < -0.39 is 15.4 Å². The highest BCUT2D eigenvalue weighted by atomic mass is 32.2. The fourth-order valence-electron chi connectivity index (χ4n) is 4.84. The molecule has 7 heteroatoms. The van der Waals surface area contributed by atoms with Gasteiger partial charge in [0.15, 0.2) is 9.84 Å². The zero-order valence-electron chi connectivity index (χ0n) is 18.9. The molecule has 1 heterocycles. The number of benzene rings is 3. The molecule has 3 aromatic carbocycles. The Morgan fingerprint density at radius 2 is 1.32 bits per heavy atom. The lowest BCUT2D eigenvalue weighted by atomic mass is 9.72. The highest BCUT2D eigenvalue weighted by Crippen LogP contribution is 2.42. The van der Waals surface area contributed by atoms with Crippen LogP contribution in [-0.4, -0.2) is 43.8 Å². The first-order valence-corrected chi connectivity index (χ1v) is 13.2. The zero-order valence-corrected chi connectivity index (χ0v) is 19.7. The molecule has 3 aromatic rings. The molecule has 4 rings (SSSR count). The maximum atomic E-state index is 13.6. The SMILES string of the molecule is O=S(=O)(CCCN1CCC(C(O)(c2ccc(F)cc2)c2ccc(F)cc2)CC1)c1ccccc1. The molecule has 180 valence electrons. The van der Waals surface area contributed by atoms with Crippen LogP contribution in [0.2, 0.25) is 0 Å². The summed E-state index contributed by atoms with van der Waals surface area (Å²) in [4.78, 5) is 2.56. The lowest BCUT2D eigenvalue weighted by Gasteiger charge is -2.42. The summed E-state index contributed by atoms with van der Waals surface area (Å²) in [5.74, 6) is -0.824. The number of halogens is 2. The molecular weight excluding hydrogens is 456 g/mol. The minimum atomic E-state index is -3.30. The average Bonchev–Trinajstić information content (AvgIpc) is 2.85. The van der Waals surface area contributed by atoms with E-state index in [2.05, 4.69) is 4.90 Å². The van der Waals surface area contributed by atoms with Crippen molar-refractivity contribution < 1.29 is 22.3 Å². The summed E-state index contributed by atoms with van der Waals surface area (Å²) < 4.78 is 52.1. The second-order valence-electron chi connectivity index (χ2n) is 8.88. The molecule has 1 N–H and O–H groups in total. The van der Waals surface area contributed by atoms with Gasteiger partial charge in [0.1, 0.15) is 17.2 Å². The van der Waals surface area contributed by atoms with Crippen molar-refractivity contribution in [3.8, 4) is 0 Å². The van der Waals surface area contributed by atoms with Crippen molar-refractivity contribution in [3.05, 3.63) is 102 Å². The fraction of sp³-hybridized carbons (Fsp3) is 0.333. The number of hydrogen-bond acceptors (Lipinski definition) is 4. The first-order chi connectivity index (χ1) is 16.3. The molecule has 0 unspecified atom stereocenters. The van der Waals surface area contributed by atoms with E-state index >= 15 is 0 Å². The van der Waals surface area contributed by atoms with Crippen molar-refractivity contribution in [1.29, 1.82) is 0 Å². The third kappa shape index (κ3) is 5.37. The highest BCUT2D eigenvalue weighted by molar-refractivity contribution is 7.91. The van der Waals surface area contributed by atoms with Crippen LogP contribution in [0.25, 0.3) is 0 Å². The van der Waals surface area contributed by atoms with Crippen molar-refractivity contribution >= 4 is 9.84 Å². The molecule has 0 amide bonds. The molecule has 0 aliphatic carbocycles. The molecule has 0 atom stereocenters. The van der Waals surface area contributed by atoms with E-state index in [0.717, 1.165) is 0 Å². The van der Waals surface area contributed by atoms with Gasteiger partial charge >= 0.3 is 0 Å². The molecule has 0 spiro atoms. The van der Waals surface area contributed by atoms with Crippen molar-refractivity contribution in [2.75, 3.05) is 25.4 Å². The molecule has 0 aromatic heterocycles. The Morgan fingerprint density at radius 3 is 1.82 bits per heavy atom. The highest BCUT2D eigenvalue weighted by Gasteiger charge is 2.41. The molecule has 4 nitrogen and oxygen atoms in total. The van der Waals surface area contributed by atoms with Gasteiger partial charge in [0.2, 0.25) is 0 Å². The summed E-state index contributed by atoms with van der Waals surface area (Å²) in [7, 11) is -3.30. The van der Waals surface area contributed by atoms with Crippen LogP contribution in [0.1, 0.15) is 30.4 Å². The van der Waals surface area contributed by atoms with Gasteiger partial charge in [-0.1, -0.05) is 42.5 Å². The second-order valence-corrected chi connectivity index (χ2v) is 11.0. The van der Waals surface area contributed by atoms with E-state index in [1.54, 1.807) is 54.6 Å². The van der Waals surface area contributed by atoms with E-state index in [-0.39, 0.29) is 23.3 Å². The third-order valence-electron chi connectivity index (χ3n) is 6.74. The lowest BCUT2D eigenvalue weighted by Crippen LogP contribution is -2.44. The van der Waals surface area contributed by atoms with E-state index in [1.165, 1.54) is 24.3 Å². The molecule has 1 fully saturated rings. The summed E-state index contributed by atoms with van der Waals surface area (Å²) >= 11 is 0. The van der Waals surface area contributed by atoms with Crippen LogP contribution in [0.4, 0.5) is 8.78 Å². The minimum Gasteiger partial charge on any atom is -0.380 e. The lowest BCUT2D eigenvalue weighted by molar-refractivity contribution is -0.0141. The first kappa shape index (κ1) is 24.5. The Morgan fingerprint density at radius 1 is 0.824 bits per heavy atom. The van der Waals surface area contributed by atoms with Crippen molar-refractivity contribution in [1.82, 2.24) is 4.90 Å². The van der Waals surface area contributed by atoms with Crippen molar-refractivity contribution in [2.45, 2.75) is 29.8 Å². The number of piperidine rings is 1. The van der Waals surface area contributed by atoms with Crippen LogP contribution in [0.3, 0.4) is 0 Å². The Bertz CT molecular complexity index is 1130. The largest absolute Gasteiger partial charge is 0.380 e. The van der Waals surface area contributed by atoms with Gasteiger partial charge in [-0.2, -0.15) is 0 Å². The van der Waals surface area contributed by atoms with Gasteiger partial charge in [-0.3, -0.25) is 0 Å². The topological polar surface area (TPSA) is 57.6 Å². The molecule has 0 bridgehead atoms. The number of nitrogens with zero attached hydrogens (tertiary/aromatic N) is 1. The number of rotatable bonds is 8. The van der Waals surface area contributed by atoms with Gasteiger partial charge in [0, 0.05) is 0 Å². The monoisotopic (exact) mass is 485 g/mol. The molecular formula is C27H29F2NO3S. The number of hydrogen-bond donors (Lipinski definition) is 1. The van der Waals surface area contributed by atoms with E-state index in [0.29, 0.717) is 54.9 Å². The Hall–Kier alpha value is -2.61. The molecule has 0 radical (unpaired) electrons. The van der Waals surface area contributed by atoms with E-state index in [9.17, 15) is 22.3 Å². The normalized spacial score (nSPS) is 16.0. The van der Waals surface area contributed by atoms with E-state index in [4.69, 9.17) is 0 Å². The van der Waals surface area contributed by atoms with Crippen LogP contribution in [0.5, 0.6) is 0 Å². The third-order valence-corrected chi connectivity index (χ3v) is 8.55. The maximum Gasteiger partial charge on any atom is 0.178 e.